The minimum absolute atomic E-state index is 0.273. The predicted molar refractivity (Wildman–Crippen MR) is 130 cm³/mol. The maximum absolute atomic E-state index is 13.3. The van der Waals surface area contributed by atoms with E-state index >= 15 is 0 Å². The summed E-state index contributed by atoms with van der Waals surface area (Å²) in [5.41, 5.74) is 2.89. The molecule has 0 saturated carbocycles. The van der Waals surface area contributed by atoms with Crippen LogP contribution in [0.15, 0.2) is 87.1 Å². The quantitative estimate of drug-likeness (QED) is 0.349. The van der Waals surface area contributed by atoms with Crippen molar-refractivity contribution in [2.75, 3.05) is 19.0 Å². The van der Waals surface area contributed by atoms with E-state index in [2.05, 4.69) is 10.1 Å². The van der Waals surface area contributed by atoms with Gasteiger partial charge in [-0.25, -0.2) is 4.98 Å². The maximum atomic E-state index is 13.3. The Labute approximate surface area is 189 Å². The van der Waals surface area contributed by atoms with Gasteiger partial charge in [-0.05, 0) is 54.1 Å². The monoisotopic (exact) mass is 442 g/mol. The van der Waals surface area contributed by atoms with Gasteiger partial charge in [0.1, 0.15) is 5.58 Å². The summed E-state index contributed by atoms with van der Waals surface area (Å²) < 4.78 is 7.27. The topological polar surface area (TPSA) is 63.6 Å². The van der Waals surface area contributed by atoms with Crippen molar-refractivity contribution in [2.24, 2.45) is 5.10 Å². The molecule has 0 aliphatic rings. The van der Waals surface area contributed by atoms with Gasteiger partial charge < -0.3 is 9.32 Å². The smallest absolute Gasteiger partial charge is 0.282 e. The molecule has 0 spiro atoms. The van der Waals surface area contributed by atoms with Gasteiger partial charge in [0.25, 0.3) is 5.56 Å². The number of furan rings is 1. The number of benzene rings is 3. The van der Waals surface area contributed by atoms with Crippen LogP contribution in [0.4, 0.5) is 5.69 Å². The van der Waals surface area contributed by atoms with Gasteiger partial charge in [0.2, 0.25) is 5.82 Å². The van der Waals surface area contributed by atoms with Gasteiger partial charge >= 0.3 is 0 Å². The molecule has 0 bridgehead atoms. The lowest BCUT2D eigenvalue weighted by molar-refractivity contribution is 0.616. The summed E-state index contributed by atoms with van der Waals surface area (Å²) in [6, 6.07) is 22.2. The fourth-order valence-corrected chi connectivity index (χ4v) is 3.68. The van der Waals surface area contributed by atoms with E-state index in [-0.39, 0.29) is 5.56 Å². The lowest BCUT2D eigenvalue weighted by Crippen LogP contribution is -2.20. The van der Waals surface area contributed by atoms with E-state index < -0.39 is 0 Å². The van der Waals surface area contributed by atoms with Crippen molar-refractivity contribution in [3.63, 3.8) is 0 Å². The van der Waals surface area contributed by atoms with Crippen LogP contribution in [0.3, 0.4) is 0 Å². The van der Waals surface area contributed by atoms with Crippen LogP contribution in [-0.4, -0.2) is 30.0 Å². The Morgan fingerprint density at radius 1 is 1.03 bits per heavy atom. The van der Waals surface area contributed by atoms with Gasteiger partial charge in [0.05, 0.1) is 17.1 Å². The zero-order valence-corrected chi connectivity index (χ0v) is 18.2. The summed E-state index contributed by atoms with van der Waals surface area (Å²) in [4.78, 5) is 20.0. The molecule has 0 aliphatic carbocycles. The van der Waals surface area contributed by atoms with Crippen LogP contribution in [0, 0.1) is 0 Å². The van der Waals surface area contributed by atoms with Crippen LogP contribution < -0.4 is 10.5 Å². The van der Waals surface area contributed by atoms with Gasteiger partial charge in [-0.15, -0.1) is 0 Å². The molecule has 0 radical (unpaired) electrons. The average Bonchev–Trinajstić information content (AvgIpc) is 3.21. The molecule has 32 heavy (non-hydrogen) atoms. The SMILES string of the molecule is CN(C)c1ccc(C=Nn2c(-c3cc4cc(Cl)ccc4o3)nc3ccccc3c2=O)cc1. The highest BCUT2D eigenvalue weighted by Crippen LogP contribution is 2.29. The first-order valence-corrected chi connectivity index (χ1v) is 10.4. The second-order valence-electron chi connectivity index (χ2n) is 7.59. The van der Waals surface area contributed by atoms with Crippen molar-refractivity contribution in [1.82, 2.24) is 9.66 Å². The summed E-state index contributed by atoms with van der Waals surface area (Å²) >= 11 is 6.12. The molecule has 3 aromatic carbocycles. The number of fused-ring (bicyclic) bond motifs is 2. The van der Waals surface area contributed by atoms with Crippen molar-refractivity contribution >= 4 is 45.4 Å². The van der Waals surface area contributed by atoms with Crippen LogP contribution in [0.25, 0.3) is 33.5 Å². The van der Waals surface area contributed by atoms with E-state index in [0.717, 1.165) is 16.6 Å². The van der Waals surface area contributed by atoms with Crippen LogP contribution >= 0.6 is 11.6 Å². The van der Waals surface area contributed by atoms with E-state index in [9.17, 15) is 4.79 Å². The Morgan fingerprint density at radius 2 is 1.81 bits per heavy atom. The standard InChI is InChI=1S/C25H19ClN4O2/c1-29(2)19-10-7-16(8-11-19)15-27-30-24(28-21-6-4-3-5-20(21)25(30)31)23-14-17-13-18(26)9-12-22(17)32-23/h3-15H,1-2H3. The highest BCUT2D eigenvalue weighted by atomic mass is 35.5. The first kappa shape index (κ1) is 20.0. The molecule has 0 N–H and O–H groups in total. The number of hydrogen-bond donors (Lipinski definition) is 0. The molecule has 0 aliphatic heterocycles. The van der Waals surface area contributed by atoms with Gasteiger partial charge in [0.15, 0.2) is 5.76 Å². The molecule has 7 heteroatoms. The summed E-state index contributed by atoms with van der Waals surface area (Å²) in [7, 11) is 3.96. The molecule has 0 atom stereocenters. The minimum Gasteiger partial charge on any atom is -0.453 e. The second kappa shape index (κ2) is 7.98. The van der Waals surface area contributed by atoms with Gasteiger partial charge in [-0.1, -0.05) is 35.9 Å². The number of halogens is 1. The molecule has 0 saturated heterocycles. The molecule has 5 aromatic rings. The van der Waals surface area contributed by atoms with Crippen LogP contribution in [0.1, 0.15) is 5.56 Å². The highest BCUT2D eigenvalue weighted by molar-refractivity contribution is 6.31. The Bertz CT molecular complexity index is 1530. The fourth-order valence-electron chi connectivity index (χ4n) is 3.50. The number of aromatic nitrogens is 2. The highest BCUT2D eigenvalue weighted by Gasteiger charge is 2.16. The maximum Gasteiger partial charge on any atom is 0.282 e. The van der Waals surface area contributed by atoms with E-state index in [0.29, 0.717) is 33.1 Å². The molecule has 0 fully saturated rings. The fraction of sp³-hybridized carbons (Fsp3) is 0.0800. The van der Waals surface area contributed by atoms with Crippen molar-refractivity contribution in [1.29, 1.82) is 0 Å². The number of para-hydroxylation sites is 1. The van der Waals surface area contributed by atoms with Crippen molar-refractivity contribution in [3.8, 4) is 11.6 Å². The lowest BCUT2D eigenvalue weighted by Gasteiger charge is -2.11. The van der Waals surface area contributed by atoms with E-state index in [1.807, 2.05) is 67.5 Å². The number of rotatable bonds is 4. The largest absolute Gasteiger partial charge is 0.453 e. The summed E-state index contributed by atoms with van der Waals surface area (Å²) in [5.74, 6) is 0.757. The molecule has 0 amide bonds. The molecule has 2 aromatic heterocycles. The lowest BCUT2D eigenvalue weighted by atomic mass is 10.2. The van der Waals surface area contributed by atoms with Gasteiger partial charge in [-0.2, -0.15) is 9.78 Å². The average molecular weight is 443 g/mol. The normalized spacial score (nSPS) is 11.6. The minimum atomic E-state index is -0.273. The van der Waals surface area contributed by atoms with Crippen LogP contribution in [0.5, 0.6) is 0 Å². The summed E-state index contributed by atoms with van der Waals surface area (Å²) in [6.07, 6.45) is 1.64. The number of hydrogen-bond acceptors (Lipinski definition) is 5. The number of nitrogens with zero attached hydrogens (tertiary/aromatic N) is 4. The molecule has 2 heterocycles. The third-order valence-corrected chi connectivity index (χ3v) is 5.42. The Morgan fingerprint density at radius 3 is 2.59 bits per heavy atom. The van der Waals surface area contributed by atoms with Crippen LogP contribution in [0.2, 0.25) is 5.02 Å². The molecular formula is C25H19ClN4O2. The Kier molecular flexibility index (Phi) is 4.99. The van der Waals surface area contributed by atoms with Gasteiger partial charge in [-0.3, -0.25) is 4.79 Å². The molecular weight excluding hydrogens is 424 g/mol. The third kappa shape index (κ3) is 3.65. The first-order valence-electron chi connectivity index (χ1n) is 10.0. The molecule has 5 rings (SSSR count). The predicted octanol–water partition coefficient (Wildman–Crippen LogP) is 5.41. The Hall–Kier alpha value is -3.90. The zero-order chi connectivity index (χ0) is 22.2. The van der Waals surface area contributed by atoms with Crippen molar-refractivity contribution in [2.45, 2.75) is 0 Å². The molecule has 158 valence electrons. The summed E-state index contributed by atoms with van der Waals surface area (Å²) in [6.45, 7) is 0. The Balaban J connectivity index is 1.67. The first-order chi connectivity index (χ1) is 15.5. The van der Waals surface area contributed by atoms with E-state index in [1.165, 1.54) is 4.68 Å². The van der Waals surface area contributed by atoms with E-state index in [1.54, 1.807) is 30.5 Å². The van der Waals surface area contributed by atoms with Crippen molar-refractivity contribution in [3.05, 3.63) is 93.7 Å². The second-order valence-corrected chi connectivity index (χ2v) is 8.03. The summed E-state index contributed by atoms with van der Waals surface area (Å²) in [5, 5.41) is 6.39. The zero-order valence-electron chi connectivity index (χ0n) is 17.5. The number of anilines is 1. The van der Waals surface area contributed by atoms with Gasteiger partial charge in [0, 0.05) is 30.2 Å². The third-order valence-electron chi connectivity index (χ3n) is 5.18. The molecule has 6 nitrogen and oxygen atoms in total. The van der Waals surface area contributed by atoms with E-state index in [4.69, 9.17) is 16.0 Å². The molecule has 0 unspecified atom stereocenters. The van der Waals surface area contributed by atoms with Crippen molar-refractivity contribution < 1.29 is 4.42 Å². The van der Waals surface area contributed by atoms with Crippen LogP contribution in [-0.2, 0) is 0 Å².